The third-order valence-corrected chi connectivity index (χ3v) is 6.90. The van der Waals surface area contributed by atoms with Crippen molar-refractivity contribution in [2.24, 2.45) is 0 Å². The second-order valence-electron chi connectivity index (χ2n) is 9.53. The highest BCUT2D eigenvalue weighted by atomic mass is 35.5. The molecule has 1 atom stereocenters. The van der Waals surface area contributed by atoms with E-state index in [4.69, 9.17) is 32.9 Å². The minimum absolute atomic E-state index is 0.0671. The van der Waals surface area contributed by atoms with Gasteiger partial charge in [0.1, 0.15) is 11.9 Å². The normalized spacial score (nSPS) is 14.8. The van der Waals surface area contributed by atoms with E-state index in [1.54, 1.807) is 47.5 Å². The molecule has 1 aromatic carbocycles. The number of imidazole rings is 1. The second kappa shape index (κ2) is 9.89. The van der Waals surface area contributed by atoms with Gasteiger partial charge in [-0.1, -0.05) is 29.3 Å². The zero-order chi connectivity index (χ0) is 27.3. The Hall–Kier alpha value is -3.69. The molecule has 1 aliphatic heterocycles. The number of pyridine rings is 1. The summed E-state index contributed by atoms with van der Waals surface area (Å²) in [7, 11) is 5.26. The van der Waals surface area contributed by atoms with Gasteiger partial charge < -0.3 is 14.2 Å². The molecule has 0 radical (unpaired) electrons. The van der Waals surface area contributed by atoms with E-state index in [1.807, 2.05) is 51.6 Å². The SMILES string of the molecule is COc1nc(N(C)C)ncc1-c1nc2c(n1C(C)C)C(c1ccc(Cl)cn1)N(c1cc(Cl)ccc1C)C2=O. The van der Waals surface area contributed by atoms with Crippen LogP contribution in [0, 0.1) is 6.92 Å². The van der Waals surface area contributed by atoms with Gasteiger partial charge in [-0.2, -0.15) is 4.98 Å². The molecule has 38 heavy (non-hydrogen) atoms. The standard InChI is InChI=1S/C27H27Cl2N7O2/c1-14(2)35-23-21(32-24(35)18-13-31-27(34(4)5)33-25(18)38-6)26(37)36(20-11-16(28)8-7-15(20)3)22(23)19-10-9-17(29)12-30-19/h7-14,22H,1-6H3. The summed E-state index contributed by atoms with van der Waals surface area (Å²) >= 11 is 12.5. The maximum Gasteiger partial charge on any atom is 0.279 e. The minimum atomic E-state index is -0.566. The van der Waals surface area contributed by atoms with E-state index < -0.39 is 6.04 Å². The van der Waals surface area contributed by atoms with Crippen LogP contribution in [-0.4, -0.2) is 51.6 Å². The van der Waals surface area contributed by atoms with Gasteiger partial charge in [-0.05, 0) is 50.6 Å². The van der Waals surface area contributed by atoms with Crippen LogP contribution in [0.25, 0.3) is 11.4 Å². The fraction of sp³-hybridized carbons (Fsp3) is 0.296. The van der Waals surface area contributed by atoms with Crippen LogP contribution in [0.1, 0.15) is 53.4 Å². The number of hydrogen-bond donors (Lipinski definition) is 0. The maximum absolute atomic E-state index is 14.1. The number of fused-ring (bicyclic) bond motifs is 1. The molecule has 0 bridgehead atoms. The van der Waals surface area contributed by atoms with E-state index >= 15 is 0 Å². The molecule has 0 saturated heterocycles. The molecule has 0 saturated carbocycles. The molecule has 5 rings (SSSR count). The number of hydrogen-bond acceptors (Lipinski definition) is 7. The zero-order valence-corrected chi connectivity index (χ0v) is 23.4. The fourth-order valence-corrected chi connectivity index (χ4v) is 5.00. The van der Waals surface area contributed by atoms with E-state index in [0.29, 0.717) is 56.0 Å². The largest absolute Gasteiger partial charge is 0.480 e. The van der Waals surface area contributed by atoms with Crippen LogP contribution in [0.2, 0.25) is 10.0 Å². The van der Waals surface area contributed by atoms with Gasteiger partial charge in [0.2, 0.25) is 11.8 Å². The number of ether oxygens (including phenoxy) is 1. The summed E-state index contributed by atoms with van der Waals surface area (Å²) < 4.78 is 7.66. The first-order valence-corrected chi connectivity index (χ1v) is 12.8. The van der Waals surface area contributed by atoms with Crippen molar-refractivity contribution in [1.29, 1.82) is 0 Å². The third-order valence-electron chi connectivity index (χ3n) is 6.44. The molecule has 1 amide bonds. The Bertz CT molecular complexity index is 1530. The van der Waals surface area contributed by atoms with Crippen molar-refractivity contribution in [3.8, 4) is 17.3 Å². The molecule has 1 unspecified atom stereocenters. The third kappa shape index (κ3) is 4.25. The monoisotopic (exact) mass is 551 g/mol. The number of nitrogens with zero attached hydrogens (tertiary/aromatic N) is 7. The van der Waals surface area contributed by atoms with Crippen LogP contribution < -0.4 is 14.5 Å². The highest BCUT2D eigenvalue weighted by molar-refractivity contribution is 6.31. The van der Waals surface area contributed by atoms with E-state index in [2.05, 4.69) is 15.0 Å². The van der Waals surface area contributed by atoms with E-state index in [1.165, 1.54) is 0 Å². The number of benzene rings is 1. The van der Waals surface area contributed by atoms with Crippen LogP contribution in [0.4, 0.5) is 11.6 Å². The first-order valence-electron chi connectivity index (χ1n) is 12.0. The van der Waals surface area contributed by atoms with Crippen molar-refractivity contribution in [1.82, 2.24) is 24.5 Å². The molecule has 11 heteroatoms. The van der Waals surface area contributed by atoms with Crippen molar-refractivity contribution in [3.05, 3.63) is 75.4 Å². The van der Waals surface area contributed by atoms with E-state index in [9.17, 15) is 4.79 Å². The molecule has 0 spiro atoms. The number of aromatic nitrogens is 5. The zero-order valence-electron chi connectivity index (χ0n) is 21.9. The molecule has 3 aromatic heterocycles. The summed E-state index contributed by atoms with van der Waals surface area (Å²) in [6, 6.07) is 8.45. The fourth-order valence-electron chi connectivity index (χ4n) is 4.72. The van der Waals surface area contributed by atoms with Gasteiger partial charge >= 0.3 is 0 Å². The number of rotatable bonds is 6. The molecular formula is C27H27Cl2N7O2. The van der Waals surface area contributed by atoms with E-state index in [0.717, 1.165) is 5.56 Å². The highest BCUT2D eigenvalue weighted by Crippen LogP contribution is 2.46. The lowest BCUT2D eigenvalue weighted by Gasteiger charge is -2.29. The number of methoxy groups -OCH3 is 1. The topological polar surface area (TPSA) is 89.3 Å². The predicted octanol–water partition coefficient (Wildman–Crippen LogP) is 5.76. The molecule has 1 aliphatic rings. The number of amides is 1. The van der Waals surface area contributed by atoms with Crippen molar-refractivity contribution in [3.63, 3.8) is 0 Å². The van der Waals surface area contributed by atoms with Crippen molar-refractivity contribution < 1.29 is 9.53 Å². The van der Waals surface area contributed by atoms with Gasteiger partial charge in [0.25, 0.3) is 5.91 Å². The number of carbonyl (C=O) groups is 1. The Morgan fingerprint density at radius 2 is 1.76 bits per heavy atom. The quantitative estimate of drug-likeness (QED) is 0.301. The van der Waals surface area contributed by atoms with Gasteiger partial charge in [0.15, 0.2) is 5.69 Å². The maximum atomic E-state index is 14.1. The average molecular weight is 552 g/mol. The lowest BCUT2D eigenvalue weighted by atomic mass is 10.1. The second-order valence-corrected chi connectivity index (χ2v) is 10.4. The van der Waals surface area contributed by atoms with Gasteiger partial charge in [0, 0.05) is 43.2 Å². The smallest absolute Gasteiger partial charge is 0.279 e. The molecule has 4 aromatic rings. The van der Waals surface area contributed by atoms with Crippen LogP contribution in [-0.2, 0) is 0 Å². The lowest BCUT2D eigenvalue weighted by Crippen LogP contribution is -2.31. The van der Waals surface area contributed by atoms with Gasteiger partial charge in [-0.15, -0.1) is 0 Å². The molecule has 4 heterocycles. The Labute approximate surface area is 231 Å². The van der Waals surface area contributed by atoms with E-state index in [-0.39, 0.29) is 11.9 Å². The Morgan fingerprint density at radius 1 is 1.03 bits per heavy atom. The Morgan fingerprint density at radius 3 is 2.39 bits per heavy atom. The van der Waals surface area contributed by atoms with Crippen molar-refractivity contribution in [2.45, 2.75) is 32.9 Å². The molecule has 9 nitrogen and oxygen atoms in total. The summed E-state index contributed by atoms with van der Waals surface area (Å²) in [5.74, 6) is 1.16. The highest BCUT2D eigenvalue weighted by Gasteiger charge is 2.46. The molecule has 196 valence electrons. The molecule has 0 aliphatic carbocycles. The first-order chi connectivity index (χ1) is 18.1. The van der Waals surface area contributed by atoms with Gasteiger partial charge in [-0.25, -0.2) is 9.97 Å². The lowest BCUT2D eigenvalue weighted by molar-refractivity contribution is 0.0989. The molecular weight excluding hydrogens is 525 g/mol. The number of anilines is 2. The summed E-state index contributed by atoms with van der Waals surface area (Å²) in [6.45, 7) is 6.02. The van der Waals surface area contributed by atoms with Gasteiger partial charge in [-0.3, -0.25) is 14.7 Å². The molecule has 0 N–H and O–H groups in total. The van der Waals surface area contributed by atoms with Crippen molar-refractivity contribution >= 4 is 40.7 Å². The predicted molar refractivity (Wildman–Crippen MR) is 149 cm³/mol. The molecule has 0 fully saturated rings. The van der Waals surface area contributed by atoms with Crippen LogP contribution in [0.3, 0.4) is 0 Å². The van der Waals surface area contributed by atoms with Gasteiger partial charge in [0.05, 0.1) is 29.1 Å². The van der Waals surface area contributed by atoms with Crippen LogP contribution in [0.15, 0.2) is 42.7 Å². The number of carbonyl (C=O) groups excluding carboxylic acids is 1. The Kier molecular flexibility index (Phi) is 6.75. The number of halogens is 2. The minimum Gasteiger partial charge on any atom is -0.480 e. The summed E-state index contributed by atoms with van der Waals surface area (Å²) in [6.07, 6.45) is 3.26. The van der Waals surface area contributed by atoms with Crippen LogP contribution in [0.5, 0.6) is 5.88 Å². The number of aryl methyl sites for hydroxylation is 1. The van der Waals surface area contributed by atoms with Crippen LogP contribution >= 0.6 is 23.2 Å². The van der Waals surface area contributed by atoms with Crippen molar-refractivity contribution in [2.75, 3.05) is 31.0 Å². The first kappa shape index (κ1) is 25.9. The average Bonchev–Trinajstić information content (AvgIpc) is 3.40. The summed E-state index contributed by atoms with van der Waals surface area (Å²) in [4.78, 5) is 36.1. The Balaban J connectivity index is 1.78. The summed E-state index contributed by atoms with van der Waals surface area (Å²) in [5.41, 5.74) is 3.87. The summed E-state index contributed by atoms with van der Waals surface area (Å²) in [5, 5.41) is 1.03.